The van der Waals surface area contributed by atoms with E-state index < -0.39 is 16.5 Å². The van der Waals surface area contributed by atoms with E-state index in [1.165, 1.54) is 6.92 Å². The second-order valence-corrected chi connectivity index (χ2v) is 12.5. The number of fused-ring (bicyclic) bond motifs is 5. The van der Waals surface area contributed by atoms with Gasteiger partial charge in [0.1, 0.15) is 6.10 Å². The first-order chi connectivity index (χ1) is 13.2. The molecule has 9 unspecified atom stereocenters. The van der Waals surface area contributed by atoms with Gasteiger partial charge in [0.2, 0.25) is 0 Å². The smallest absolute Gasteiger partial charge is 0.397 e. The molecule has 4 aliphatic carbocycles. The summed E-state index contributed by atoms with van der Waals surface area (Å²) in [6.07, 6.45) is 3.94. The van der Waals surface area contributed by atoms with Crippen molar-refractivity contribution in [2.75, 3.05) is 0 Å². The number of esters is 1. The van der Waals surface area contributed by atoms with E-state index in [4.69, 9.17) is 8.92 Å². The summed E-state index contributed by atoms with van der Waals surface area (Å²) in [6, 6.07) is 0. The van der Waals surface area contributed by atoms with Crippen LogP contribution < -0.4 is 0 Å². The second-order valence-electron chi connectivity index (χ2n) is 11.5. The predicted octanol–water partition coefficient (Wildman–Crippen LogP) is 4.25. The van der Waals surface area contributed by atoms with Crippen LogP contribution in [0.25, 0.3) is 0 Å². The van der Waals surface area contributed by atoms with E-state index in [0.717, 1.165) is 25.7 Å². The molecule has 4 saturated carbocycles. The van der Waals surface area contributed by atoms with Crippen molar-refractivity contribution in [3.63, 3.8) is 0 Å². The third-order valence-corrected chi connectivity index (χ3v) is 9.92. The summed E-state index contributed by atoms with van der Waals surface area (Å²) < 4.78 is 43.6. The summed E-state index contributed by atoms with van der Waals surface area (Å²) >= 11 is 0. The maximum atomic E-state index is 11.7. The lowest BCUT2D eigenvalue weighted by Gasteiger charge is -2.58. The Bertz CT molecular complexity index is 808. The molecule has 0 aromatic heterocycles. The van der Waals surface area contributed by atoms with Gasteiger partial charge in [-0.25, -0.2) is 4.18 Å². The normalized spacial score (nSPS) is 51.2. The van der Waals surface area contributed by atoms with Crippen LogP contribution in [0.2, 0.25) is 0 Å². The molecular weight excluding hydrogens is 392 g/mol. The minimum absolute atomic E-state index is 0.0254. The van der Waals surface area contributed by atoms with E-state index in [0.29, 0.717) is 36.0 Å². The van der Waals surface area contributed by atoms with Gasteiger partial charge < -0.3 is 4.74 Å². The first kappa shape index (κ1) is 21.6. The lowest BCUT2D eigenvalue weighted by Crippen LogP contribution is -2.55. The van der Waals surface area contributed by atoms with Crippen molar-refractivity contribution in [3.8, 4) is 0 Å². The molecular formula is C22H36O6S. The molecule has 0 saturated heterocycles. The molecule has 0 aromatic carbocycles. The highest BCUT2D eigenvalue weighted by atomic mass is 32.3. The van der Waals surface area contributed by atoms with Crippen molar-refractivity contribution >= 4 is 16.4 Å². The topological polar surface area (TPSA) is 89.9 Å². The fourth-order valence-electron chi connectivity index (χ4n) is 7.84. The van der Waals surface area contributed by atoms with Crippen LogP contribution in [-0.4, -0.2) is 31.1 Å². The van der Waals surface area contributed by atoms with Gasteiger partial charge in [-0.05, 0) is 72.5 Å². The largest absolute Gasteiger partial charge is 0.462 e. The van der Waals surface area contributed by atoms with E-state index in [2.05, 4.69) is 34.6 Å². The van der Waals surface area contributed by atoms with Gasteiger partial charge in [-0.1, -0.05) is 34.6 Å². The minimum atomic E-state index is -4.48. The summed E-state index contributed by atoms with van der Waals surface area (Å²) in [5, 5.41) is 0. The monoisotopic (exact) mass is 428 g/mol. The van der Waals surface area contributed by atoms with Crippen LogP contribution in [0.3, 0.4) is 0 Å². The number of carbonyl (C=O) groups is 1. The molecule has 6 nitrogen and oxygen atoms in total. The molecule has 0 amide bonds. The Morgan fingerprint density at radius 1 is 1.03 bits per heavy atom. The highest BCUT2D eigenvalue weighted by molar-refractivity contribution is 7.80. The Morgan fingerprint density at radius 3 is 2.24 bits per heavy atom. The van der Waals surface area contributed by atoms with Crippen molar-refractivity contribution in [3.05, 3.63) is 0 Å². The Morgan fingerprint density at radius 2 is 1.69 bits per heavy atom. The third-order valence-electron chi connectivity index (χ3n) is 9.44. The molecule has 4 fully saturated rings. The molecule has 1 N–H and O–H groups in total. The molecule has 29 heavy (non-hydrogen) atoms. The predicted molar refractivity (Wildman–Crippen MR) is 108 cm³/mol. The van der Waals surface area contributed by atoms with Gasteiger partial charge in [0, 0.05) is 12.3 Å². The van der Waals surface area contributed by atoms with Gasteiger partial charge in [0.15, 0.2) is 0 Å². The standard InChI is InChI=1S/C22H36O6S/c1-12(2)14-9-16(28-29(24,25)26)21(5)8-7-20(4)11-17(27-13(3)23)22(6)10-15(22)19(20)18(14)21/h12,14-19H,7-11H2,1-6H3,(H,24,25,26). The van der Waals surface area contributed by atoms with Crippen molar-refractivity contribution in [1.82, 2.24) is 0 Å². The van der Waals surface area contributed by atoms with Gasteiger partial charge in [0.05, 0.1) is 6.10 Å². The van der Waals surface area contributed by atoms with Gasteiger partial charge in [-0.2, -0.15) is 8.42 Å². The first-order valence-corrected chi connectivity index (χ1v) is 12.4. The highest BCUT2D eigenvalue weighted by Crippen LogP contribution is 2.77. The van der Waals surface area contributed by atoms with Crippen LogP contribution in [0.4, 0.5) is 0 Å². The van der Waals surface area contributed by atoms with Crippen molar-refractivity contribution in [2.24, 2.45) is 45.8 Å². The second kappa shape index (κ2) is 6.42. The molecule has 7 heteroatoms. The van der Waals surface area contributed by atoms with Crippen LogP contribution in [-0.2, 0) is 24.1 Å². The quantitative estimate of drug-likeness (QED) is 0.532. The Kier molecular flexibility index (Phi) is 4.78. The van der Waals surface area contributed by atoms with Crippen LogP contribution in [0, 0.1) is 45.8 Å². The average molecular weight is 429 g/mol. The van der Waals surface area contributed by atoms with Gasteiger partial charge in [-0.3, -0.25) is 9.35 Å². The molecule has 0 spiro atoms. The zero-order chi connectivity index (χ0) is 21.6. The number of ether oxygens (including phenoxy) is 1. The number of hydrogen-bond acceptors (Lipinski definition) is 5. The maximum absolute atomic E-state index is 11.7. The number of hydrogen-bond donors (Lipinski definition) is 1. The van der Waals surface area contributed by atoms with Crippen molar-refractivity contribution in [1.29, 1.82) is 0 Å². The Balaban J connectivity index is 1.72. The maximum Gasteiger partial charge on any atom is 0.397 e. The van der Waals surface area contributed by atoms with Crippen LogP contribution >= 0.6 is 0 Å². The van der Waals surface area contributed by atoms with E-state index in [9.17, 15) is 17.8 Å². The van der Waals surface area contributed by atoms with Crippen molar-refractivity contribution in [2.45, 2.75) is 85.9 Å². The molecule has 0 aliphatic heterocycles. The summed E-state index contributed by atoms with van der Waals surface area (Å²) in [6.45, 7) is 12.7. The molecule has 0 heterocycles. The summed E-state index contributed by atoms with van der Waals surface area (Å²) in [4.78, 5) is 11.7. The molecule has 4 rings (SSSR count). The fraction of sp³-hybridized carbons (Fsp3) is 0.955. The average Bonchev–Trinajstić information content (AvgIpc) is 3.16. The highest BCUT2D eigenvalue weighted by Gasteiger charge is 2.74. The number of carbonyl (C=O) groups excluding carboxylic acids is 1. The minimum Gasteiger partial charge on any atom is -0.462 e. The van der Waals surface area contributed by atoms with E-state index in [-0.39, 0.29) is 28.3 Å². The van der Waals surface area contributed by atoms with E-state index in [1.807, 2.05) is 0 Å². The number of rotatable bonds is 4. The zero-order valence-corrected chi connectivity index (χ0v) is 19.3. The molecule has 0 bridgehead atoms. The summed E-state index contributed by atoms with van der Waals surface area (Å²) in [5.74, 6) is 1.85. The lowest BCUT2D eigenvalue weighted by atomic mass is 9.47. The van der Waals surface area contributed by atoms with Gasteiger partial charge in [-0.15, -0.1) is 0 Å². The third kappa shape index (κ3) is 3.26. The lowest BCUT2D eigenvalue weighted by molar-refractivity contribution is -0.168. The van der Waals surface area contributed by atoms with Crippen LogP contribution in [0.5, 0.6) is 0 Å². The SMILES string of the molecule is CC(=O)OC1CC2(C)CCC3(C)C(OS(=O)(=O)O)CC(C(C)C)C3C2C2CC12C. The van der Waals surface area contributed by atoms with Crippen LogP contribution in [0.1, 0.15) is 73.6 Å². The van der Waals surface area contributed by atoms with Gasteiger partial charge in [0.25, 0.3) is 0 Å². The molecule has 4 aliphatic rings. The molecule has 166 valence electrons. The first-order valence-electron chi connectivity index (χ1n) is 11.0. The summed E-state index contributed by atoms with van der Waals surface area (Å²) in [7, 11) is -4.48. The Hall–Kier alpha value is -0.660. The molecule has 0 aromatic rings. The summed E-state index contributed by atoms with van der Waals surface area (Å²) in [5.41, 5.74) is -0.171. The van der Waals surface area contributed by atoms with Crippen molar-refractivity contribution < 1.29 is 26.7 Å². The van der Waals surface area contributed by atoms with Gasteiger partial charge >= 0.3 is 16.4 Å². The molecule has 0 radical (unpaired) electrons. The van der Waals surface area contributed by atoms with E-state index >= 15 is 0 Å². The van der Waals surface area contributed by atoms with E-state index in [1.54, 1.807) is 0 Å². The molecule has 9 atom stereocenters. The fourth-order valence-corrected chi connectivity index (χ4v) is 8.43. The Labute approximate surface area is 175 Å². The van der Waals surface area contributed by atoms with Crippen LogP contribution in [0.15, 0.2) is 0 Å². The zero-order valence-electron chi connectivity index (χ0n) is 18.5.